The van der Waals surface area contributed by atoms with Gasteiger partial charge in [0.2, 0.25) is 0 Å². The average Bonchev–Trinajstić information content (AvgIpc) is 2.97. The number of esters is 1. The number of amides is 4. The van der Waals surface area contributed by atoms with Crippen LogP contribution in [-0.4, -0.2) is 44.1 Å². The van der Waals surface area contributed by atoms with Gasteiger partial charge >= 0.3 is 12.0 Å². The fourth-order valence-corrected chi connectivity index (χ4v) is 4.38. The highest BCUT2D eigenvalue weighted by Gasteiger charge is 2.32. The first-order valence-corrected chi connectivity index (χ1v) is 13.2. The second-order valence-corrected chi connectivity index (χ2v) is 9.38. The Morgan fingerprint density at radius 1 is 0.929 bits per heavy atom. The molecule has 0 saturated carbocycles. The maximum Gasteiger partial charge on any atom is 0.338 e. The highest BCUT2D eigenvalue weighted by atomic mass is 16.5. The molecule has 4 amide bonds. The van der Waals surface area contributed by atoms with Gasteiger partial charge in [0.15, 0.2) is 18.1 Å². The van der Waals surface area contributed by atoms with Crippen molar-refractivity contribution in [1.29, 1.82) is 0 Å². The van der Waals surface area contributed by atoms with E-state index in [0.717, 1.165) is 5.56 Å². The topological polar surface area (TPSA) is 144 Å². The minimum absolute atomic E-state index is 0.270. The summed E-state index contributed by atoms with van der Waals surface area (Å²) in [6.45, 7) is 5.23. The van der Waals surface area contributed by atoms with Crippen LogP contribution in [-0.2, 0) is 14.3 Å². The van der Waals surface area contributed by atoms with E-state index < -0.39 is 23.9 Å². The average molecular weight is 573 g/mol. The molecule has 11 heteroatoms. The molecule has 1 aliphatic rings. The first-order chi connectivity index (χ1) is 20.2. The van der Waals surface area contributed by atoms with Crippen molar-refractivity contribution in [2.75, 3.05) is 31.0 Å². The van der Waals surface area contributed by atoms with Crippen molar-refractivity contribution in [2.45, 2.75) is 26.8 Å². The Kier molecular flexibility index (Phi) is 9.43. The zero-order valence-electron chi connectivity index (χ0n) is 23.7. The Bertz CT molecular complexity index is 1530. The molecule has 1 heterocycles. The van der Waals surface area contributed by atoms with Gasteiger partial charge in [-0.1, -0.05) is 24.3 Å². The first-order valence-electron chi connectivity index (χ1n) is 13.2. The molecule has 0 radical (unpaired) electrons. The molecule has 42 heavy (non-hydrogen) atoms. The molecule has 1 atom stereocenters. The lowest BCUT2D eigenvalue weighted by Gasteiger charge is -2.29. The lowest BCUT2D eigenvalue weighted by atomic mass is 9.94. The van der Waals surface area contributed by atoms with Crippen molar-refractivity contribution in [3.05, 3.63) is 94.7 Å². The summed E-state index contributed by atoms with van der Waals surface area (Å²) in [5.41, 5.74) is 3.75. The van der Waals surface area contributed by atoms with E-state index >= 15 is 0 Å². The Labute approximate surface area is 243 Å². The summed E-state index contributed by atoms with van der Waals surface area (Å²) in [6, 6.07) is 17.4. The number of hydrogen-bond donors (Lipinski definition) is 4. The van der Waals surface area contributed by atoms with Gasteiger partial charge in [-0.3, -0.25) is 9.59 Å². The molecule has 1 aliphatic heterocycles. The maximum atomic E-state index is 13.4. The number of hydrogen-bond acceptors (Lipinski definition) is 7. The van der Waals surface area contributed by atoms with Crippen LogP contribution in [0, 0.1) is 6.92 Å². The fraction of sp³-hybridized carbons (Fsp3) is 0.226. The van der Waals surface area contributed by atoms with Gasteiger partial charge in [-0.15, -0.1) is 0 Å². The van der Waals surface area contributed by atoms with E-state index in [-0.39, 0.29) is 19.1 Å². The van der Waals surface area contributed by atoms with Gasteiger partial charge in [0.25, 0.3) is 11.8 Å². The minimum Gasteiger partial charge on any atom is -0.493 e. The molecule has 0 aromatic heterocycles. The highest BCUT2D eigenvalue weighted by Crippen LogP contribution is 2.35. The van der Waals surface area contributed by atoms with Crippen LogP contribution in [0.2, 0.25) is 0 Å². The van der Waals surface area contributed by atoms with Gasteiger partial charge in [-0.05, 0) is 74.4 Å². The molecule has 0 aliphatic carbocycles. The maximum absolute atomic E-state index is 13.4. The lowest BCUT2D eigenvalue weighted by Crippen LogP contribution is -2.46. The predicted molar refractivity (Wildman–Crippen MR) is 156 cm³/mol. The standard InChI is InChI=1S/C31H32N4O7/c1-5-41-30(38)20-10-13-22(14-11-20)33-26(36)17-42-24-15-12-21(16-25(24)40-4)28-27(19(3)32-31(39)35-28)29(37)34-23-9-7-6-8-18(23)2/h6-16,28H,5,17H2,1-4H3,(H,33,36)(H,34,37)(H2,32,35,39)/t28-/m1/s1. The zero-order valence-corrected chi connectivity index (χ0v) is 23.7. The summed E-state index contributed by atoms with van der Waals surface area (Å²) in [4.78, 5) is 50.0. The van der Waals surface area contributed by atoms with Crippen LogP contribution >= 0.6 is 0 Å². The van der Waals surface area contributed by atoms with Crippen molar-refractivity contribution in [3.8, 4) is 11.5 Å². The van der Waals surface area contributed by atoms with Gasteiger partial charge in [0, 0.05) is 17.1 Å². The molecule has 4 N–H and O–H groups in total. The SMILES string of the molecule is CCOC(=O)c1ccc(NC(=O)COc2ccc([C@H]3NC(=O)NC(C)=C3C(=O)Nc3ccccc3C)cc2OC)cc1. The van der Waals surface area contributed by atoms with E-state index in [1.807, 2.05) is 25.1 Å². The van der Waals surface area contributed by atoms with Gasteiger partial charge in [0.1, 0.15) is 0 Å². The first kappa shape index (κ1) is 29.7. The third-order valence-corrected chi connectivity index (χ3v) is 6.47. The third-order valence-electron chi connectivity index (χ3n) is 6.47. The highest BCUT2D eigenvalue weighted by molar-refractivity contribution is 6.07. The molecule has 11 nitrogen and oxygen atoms in total. The van der Waals surface area contributed by atoms with Gasteiger partial charge < -0.3 is 35.5 Å². The molecule has 0 saturated heterocycles. The van der Waals surface area contributed by atoms with Crippen LogP contribution in [0.1, 0.15) is 41.4 Å². The number of allylic oxidation sites excluding steroid dienone is 1. The summed E-state index contributed by atoms with van der Waals surface area (Å²) in [5.74, 6) is -0.637. The summed E-state index contributed by atoms with van der Waals surface area (Å²) >= 11 is 0. The van der Waals surface area contributed by atoms with Crippen molar-refractivity contribution < 1.29 is 33.4 Å². The van der Waals surface area contributed by atoms with Crippen LogP contribution in [0.15, 0.2) is 78.0 Å². The Morgan fingerprint density at radius 3 is 2.36 bits per heavy atom. The van der Waals surface area contributed by atoms with E-state index in [0.29, 0.717) is 45.3 Å². The monoisotopic (exact) mass is 572 g/mol. The number of nitrogens with one attached hydrogen (secondary N) is 4. The molecule has 0 bridgehead atoms. The predicted octanol–water partition coefficient (Wildman–Crippen LogP) is 4.46. The minimum atomic E-state index is -0.772. The van der Waals surface area contributed by atoms with Crippen LogP contribution < -0.4 is 30.7 Å². The number of urea groups is 1. The molecular formula is C31H32N4O7. The second kappa shape index (κ2) is 13.4. The van der Waals surface area contributed by atoms with E-state index in [1.54, 1.807) is 62.4 Å². The number of benzene rings is 3. The number of ether oxygens (including phenoxy) is 3. The van der Waals surface area contributed by atoms with E-state index in [9.17, 15) is 19.2 Å². The number of carbonyl (C=O) groups excluding carboxylic acids is 4. The number of anilines is 2. The summed E-state index contributed by atoms with van der Waals surface area (Å²) in [5, 5.41) is 11.1. The third kappa shape index (κ3) is 7.05. The summed E-state index contributed by atoms with van der Waals surface area (Å²) < 4.78 is 16.2. The van der Waals surface area contributed by atoms with Gasteiger partial charge in [0.05, 0.1) is 30.9 Å². The number of rotatable bonds is 10. The lowest BCUT2D eigenvalue weighted by molar-refractivity contribution is -0.118. The smallest absolute Gasteiger partial charge is 0.338 e. The Morgan fingerprint density at radius 2 is 1.67 bits per heavy atom. The van der Waals surface area contributed by atoms with Crippen LogP contribution in [0.5, 0.6) is 11.5 Å². The fourth-order valence-electron chi connectivity index (χ4n) is 4.38. The van der Waals surface area contributed by atoms with Crippen molar-refractivity contribution in [3.63, 3.8) is 0 Å². The number of aryl methyl sites for hydroxylation is 1. The molecule has 3 aromatic carbocycles. The zero-order chi connectivity index (χ0) is 30.2. The molecule has 4 rings (SSSR count). The summed E-state index contributed by atoms with van der Waals surface area (Å²) in [6.07, 6.45) is 0. The van der Waals surface area contributed by atoms with Crippen LogP contribution in [0.4, 0.5) is 16.2 Å². The van der Waals surface area contributed by atoms with E-state index in [1.165, 1.54) is 7.11 Å². The Balaban J connectivity index is 1.46. The largest absolute Gasteiger partial charge is 0.493 e. The van der Waals surface area contributed by atoms with Gasteiger partial charge in [-0.25, -0.2) is 9.59 Å². The molecule has 3 aromatic rings. The molecule has 0 unspecified atom stereocenters. The molecule has 0 fully saturated rings. The second-order valence-electron chi connectivity index (χ2n) is 9.38. The van der Waals surface area contributed by atoms with E-state index in [2.05, 4.69) is 21.3 Å². The molecule has 218 valence electrons. The molecular weight excluding hydrogens is 540 g/mol. The van der Waals surface area contributed by atoms with E-state index in [4.69, 9.17) is 14.2 Å². The van der Waals surface area contributed by atoms with Crippen LogP contribution in [0.3, 0.4) is 0 Å². The van der Waals surface area contributed by atoms with Crippen molar-refractivity contribution >= 4 is 35.2 Å². The summed E-state index contributed by atoms with van der Waals surface area (Å²) in [7, 11) is 1.45. The quantitative estimate of drug-likeness (QED) is 0.263. The van der Waals surface area contributed by atoms with Crippen molar-refractivity contribution in [2.24, 2.45) is 0 Å². The van der Waals surface area contributed by atoms with Crippen LogP contribution in [0.25, 0.3) is 0 Å². The van der Waals surface area contributed by atoms with Crippen molar-refractivity contribution in [1.82, 2.24) is 10.6 Å². The number of carbonyl (C=O) groups is 4. The van der Waals surface area contributed by atoms with Gasteiger partial charge in [-0.2, -0.15) is 0 Å². The number of para-hydroxylation sites is 1. The molecule has 0 spiro atoms. The Hall–Kier alpha value is -5.32. The normalized spacial score (nSPS) is 14.3. The number of methoxy groups -OCH3 is 1.